The van der Waals surface area contributed by atoms with Crippen LogP contribution in [0.25, 0.3) is 0 Å². The van der Waals surface area contributed by atoms with Crippen LogP contribution in [0.3, 0.4) is 0 Å². The van der Waals surface area contributed by atoms with Gasteiger partial charge < -0.3 is 5.32 Å². The summed E-state index contributed by atoms with van der Waals surface area (Å²) in [5.74, 6) is 0.713. The molecule has 1 N–H and O–H groups in total. The highest BCUT2D eigenvalue weighted by Gasteiger charge is 2.31. The largest absolute Gasteiger partial charge is 0.314 e. The van der Waals surface area contributed by atoms with Crippen LogP contribution >= 0.6 is 0 Å². The number of unbranched alkanes of at least 4 members (excludes halogenated alkanes) is 1. The Balaban J connectivity index is 2.49. The van der Waals surface area contributed by atoms with Crippen molar-refractivity contribution in [2.45, 2.75) is 52.5 Å². The zero-order valence-electron chi connectivity index (χ0n) is 12.0. The van der Waals surface area contributed by atoms with Gasteiger partial charge in [0.1, 0.15) is 0 Å². The second kappa shape index (κ2) is 7.46. The van der Waals surface area contributed by atoms with Gasteiger partial charge in [-0.15, -0.1) is 0 Å². The topological polar surface area (TPSA) is 49.4 Å². The second-order valence-corrected chi connectivity index (χ2v) is 7.44. The molecule has 0 aromatic carbocycles. The van der Waals surface area contributed by atoms with E-state index in [9.17, 15) is 8.42 Å². The van der Waals surface area contributed by atoms with Gasteiger partial charge in [0, 0.05) is 19.1 Å². The standard InChI is InChI=1S/C13H28N2O2S/c1-4-6-10-18(16,17)15-9-7-13(12(3)11-15)14-8-5-2/h12-14H,4-11H2,1-3H3. The molecule has 0 aliphatic carbocycles. The first-order valence-corrected chi connectivity index (χ1v) is 8.83. The van der Waals surface area contributed by atoms with Crippen LogP contribution in [0, 0.1) is 5.92 Å². The summed E-state index contributed by atoms with van der Waals surface area (Å²) in [6.07, 6.45) is 3.77. The monoisotopic (exact) mass is 276 g/mol. The summed E-state index contributed by atoms with van der Waals surface area (Å²) in [5, 5.41) is 3.51. The SMILES string of the molecule is CCCCS(=O)(=O)N1CCC(NCCC)C(C)C1. The van der Waals surface area contributed by atoms with E-state index in [2.05, 4.69) is 19.2 Å². The van der Waals surface area contributed by atoms with Gasteiger partial charge in [0.2, 0.25) is 10.0 Å². The van der Waals surface area contributed by atoms with Gasteiger partial charge in [-0.3, -0.25) is 0 Å². The number of sulfonamides is 1. The fourth-order valence-electron chi connectivity index (χ4n) is 2.45. The predicted molar refractivity (Wildman–Crippen MR) is 76.1 cm³/mol. The molecule has 1 saturated heterocycles. The number of hydrogen-bond donors (Lipinski definition) is 1. The minimum absolute atomic E-state index is 0.309. The van der Waals surface area contributed by atoms with Gasteiger partial charge in [0.25, 0.3) is 0 Å². The third-order valence-corrected chi connectivity index (χ3v) is 5.60. The van der Waals surface area contributed by atoms with Gasteiger partial charge in [0.05, 0.1) is 5.75 Å². The Morgan fingerprint density at radius 1 is 1.28 bits per heavy atom. The molecule has 18 heavy (non-hydrogen) atoms. The van der Waals surface area contributed by atoms with E-state index < -0.39 is 10.0 Å². The molecule has 0 amide bonds. The predicted octanol–water partition coefficient (Wildman–Crippen LogP) is 1.83. The quantitative estimate of drug-likeness (QED) is 0.772. The van der Waals surface area contributed by atoms with Crippen LogP contribution in [0.15, 0.2) is 0 Å². The highest BCUT2D eigenvalue weighted by molar-refractivity contribution is 7.89. The Bertz CT molecular complexity index is 330. The van der Waals surface area contributed by atoms with E-state index in [0.717, 1.165) is 32.2 Å². The molecule has 1 aliphatic heterocycles. The molecule has 2 atom stereocenters. The molecule has 4 nitrogen and oxygen atoms in total. The molecule has 0 saturated carbocycles. The Morgan fingerprint density at radius 2 is 2.00 bits per heavy atom. The molecule has 0 spiro atoms. The lowest BCUT2D eigenvalue weighted by atomic mass is 9.95. The molecule has 108 valence electrons. The van der Waals surface area contributed by atoms with Crippen molar-refractivity contribution in [3.8, 4) is 0 Å². The lowest BCUT2D eigenvalue weighted by Gasteiger charge is -2.36. The van der Waals surface area contributed by atoms with Gasteiger partial charge in [-0.1, -0.05) is 27.2 Å². The number of nitrogens with one attached hydrogen (secondary N) is 1. The molecule has 1 rings (SSSR count). The van der Waals surface area contributed by atoms with Crippen molar-refractivity contribution in [3.05, 3.63) is 0 Å². The number of hydrogen-bond acceptors (Lipinski definition) is 3. The maximum atomic E-state index is 12.1. The fraction of sp³-hybridized carbons (Fsp3) is 1.00. The van der Waals surface area contributed by atoms with E-state index in [4.69, 9.17) is 0 Å². The maximum absolute atomic E-state index is 12.1. The van der Waals surface area contributed by atoms with Gasteiger partial charge in [0.15, 0.2) is 0 Å². The molecule has 0 bridgehead atoms. The van der Waals surface area contributed by atoms with Crippen molar-refractivity contribution < 1.29 is 8.42 Å². The van der Waals surface area contributed by atoms with Gasteiger partial charge in [-0.25, -0.2) is 12.7 Å². The minimum Gasteiger partial charge on any atom is -0.314 e. The van der Waals surface area contributed by atoms with Gasteiger partial charge in [-0.05, 0) is 31.7 Å². The van der Waals surface area contributed by atoms with E-state index in [1.807, 2.05) is 6.92 Å². The summed E-state index contributed by atoms with van der Waals surface area (Å²) >= 11 is 0. The zero-order chi connectivity index (χ0) is 13.6. The van der Waals surface area contributed by atoms with Crippen molar-refractivity contribution in [1.82, 2.24) is 9.62 Å². The third kappa shape index (κ3) is 4.52. The average Bonchev–Trinajstić information content (AvgIpc) is 2.35. The van der Waals surface area contributed by atoms with Crippen molar-refractivity contribution in [1.29, 1.82) is 0 Å². The van der Waals surface area contributed by atoms with Gasteiger partial charge in [-0.2, -0.15) is 0 Å². The van der Waals surface area contributed by atoms with Crippen molar-refractivity contribution in [2.75, 3.05) is 25.4 Å². The average molecular weight is 276 g/mol. The van der Waals surface area contributed by atoms with Crippen LogP contribution in [-0.2, 0) is 10.0 Å². The van der Waals surface area contributed by atoms with E-state index in [-0.39, 0.29) is 0 Å². The van der Waals surface area contributed by atoms with Crippen molar-refractivity contribution in [3.63, 3.8) is 0 Å². The lowest BCUT2D eigenvalue weighted by molar-refractivity contribution is 0.220. The Labute approximate surface area is 112 Å². The van der Waals surface area contributed by atoms with Crippen LogP contribution < -0.4 is 5.32 Å². The molecule has 2 unspecified atom stereocenters. The van der Waals surface area contributed by atoms with Crippen LogP contribution in [-0.4, -0.2) is 44.2 Å². The maximum Gasteiger partial charge on any atom is 0.214 e. The van der Waals surface area contributed by atoms with E-state index in [1.165, 1.54) is 0 Å². The number of nitrogens with zero attached hydrogens (tertiary/aromatic N) is 1. The molecule has 0 radical (unpaired) electrons. The number of rotatable bonds is 7. The normalized spacial score (nSPS) is 26.4. The summed E-state index contributed by atoms with van der Waals surface area (Å²) in [7, 11) is -3.02. The highest BCUT2D eigenvalue weighted by Crippen LogP contribution is 2.20. The van der Waals surface area contributed by atoms with Crippen LogP contribution in [0.1, 0.15) is 46.5 Å². The highest BCUT2D eigenvalue weighted by atomic mass is 32.2. The van der Waals surface area contributed by atoms with Crippen LogP contribution in [0.5, 0.6) is 0 Å². The Hall–Kier alpha value is -0.130. The molecule has 5 heteroatoms. The van der Waals surface area contributed by atoms with E-state index >= 15 is 0 Å². The molecule has 1 aliphatic rings. The van der Waals surface area contributed by atoms with Crippen LogP contribution in [0.2, 0.25) is 0 Å². The molecular formula is C13H28N2O2S. The van der Waals surface area contributed by atoms with Crippen LogP contribution in [0.4, 0.5) is 0 Å². The van der Waals surface area contributed by atoms with Gasteiger partial charge >= 0.3 is 0 Å². The summed E-state index contributed by atoms with van der Waals surface area (Å²) in [5.41, 5.74) is 0. The first-order chi connectivity index (χ1) is 8.51. The molecule has 1 heterocycles. The summed E-state index contributed by atoms with van der Waals surface area (Å²) in [6, 6.07) is 0.475. The first-order valence-electron chi connectivity index (χ1n) is 7.22. The van der Waals surface area contributed by atoms with Crippen molar-refractivity contribution >= 4 is 10.0 Å². The minimum atomic E-state index is -3.02. The lowest BCUT2D eigenvalue weighted by Crippen LogP contribution is -2.50. The van der Waals surface area contributed by atoms with Crippen molar-refractivity contribution in [2.24, 2.45) is 5.92 Å². The summed E-state index contributed by atoms with van der Waals surface area (Å²) < 4.78 is 25.9. The molecule has 0 aromatic heterocycles. The summed E-state index contributed by atoms with van der Waals surface area (Å²) in [6.45, 7) is 8.71. The number of piperidine rings is 1. The first kappa shape index (κ1) is 15.9. The zero-order valence-corrected chi connectivity index (χ0v) is 12.8. The Kier molecular flexibility index (Phi) is 6.60. The molecule has 0 aromatic rings. The molecular weight excluding hydrogens is 248 g/mol. The smallest absolute Gasteiger partial charge is 0.214 e. The second-order valence-electron chi connectivity index (χ2n) is 5.35. The summed E-state index contributed by atoms with van der Waals surface area (Å²) in [4.78, 5) is 0. The molecule has 1 fully saturated rings. The Morgan fingerprint density at radius 3 is 2.56 bits per heavy atom. The van der Waals surface area contributed by atoms with E-state index in [1.54, 1.807) is 4.31 Å². The fourth-order valence-corrected chi connectivity index (χ4v) is 4.21. The third-order valence-electron chi connectivity index (χ3n) is 3.67. The van der Waals surface area contributed by atoms with E-state index in [0.29, 0.717) is 30.8 Å².